The molecule has 0 amide bonds. The van der Waals surface area contributed by atoms with E-state index in [0.717, 1.165) is 53.8 Å². The Balaban J connectivity index is 1.53. The Labute approximate surface area is 256 Å². The van der Waals surface area contributed by atoms with Gasteiger partial charge in [0.15, 0.2) is 5.82 Å². The van der Waals surface area contributed by atoms with Gasteiger partial charge in [0.05, 0.1) is 24.7 Å². The van der Waals surface area contributed by atoms with E-state index in [1.807, 2.05) is 41.8 Å². The van der Waals surface area contributed by atoms with E-state index >= 15 is 0 Å². The van der Waals surface area contributed by atoms with Crippen LogP contribution in [0.15, 0.2) is 53.4 Å². The zero-order valence-corrected chi connectivity index (χ0v) is 26.1. The number of benzene rings is 2. The fraction of sp³-hybridized carbons (Fsp3) is 0.400. The zero-order valence-electron chi connectivity index (χ0n) is 23.7. The number of hydrogen-bond acceptors (Lipinski definition) is 6. The lowest BCUT2D eigenvalue weighted by atomic mass is 9.98. The third-order valence-electron chi connectivity index (χ3n) is 7.83. The molecule has 1 N–H and O–H groups in total. The summed E-state index contributed by atoms with van der Waals surface area (Å²) in [7, 11) is -1.99. The highest BCUT2D eigenvalue weighted by molar-refractivity contribution is 7.89. The summed E-state index contributed by atoms with van der Waals surface area (Å²) >= 11 is 12.3. The molecule has 4 aromatic rings. The van der Waals surface area contributed by atoms with Crippen molar-refractivity contribution in [2.75, 3.05) is 40.0 Å². The Morgan fingerprint density at radius 2 is 1.88 bits per heavy atom. The van der Waals surface area contributed by atoms with E-state index in [-0.39, 0.29) is 10.9 Å². The van der Waals surface area contributed by atoms with Gasteiger partial charge in [-0.1, -0.05) is 48.1 Å². The van der Waals surface area contributed by atoms with Crippen LogP contribution < -0.4 is 5.32 Å². The molecule has 12 heteroatoms. The predicted molar refractivity (Wildman–Crippen MR) is 168 cm³/mol. The summed E-state index contributed by atoms with van der Waals surface area (Å²) in [6, 6.07) is 14.9. The van der Waals surface area contributed by atoms with Gasteiger partial charge in [0.2, 0.25) is 10.0 Å². The van der Waals surface area contributed by atoms with Crippen LogP contribution in [0, 0.1) is 0 Å². The number of aromatic nitrogens is 3. The van der Waals surface area contributed by atoms with Crippen molar-refractivity contribution in [3.63, 3.8) is 0 Å². The minimum atomic E-state index is -3.66. The number of aryl methyl sites for hydroxylation is 2. The number of hydrogen-bond donors (Lipinski definition) is 1. The number of nitrogens with one attached hydrogen (secondary N) is 1. The first kappa shape index (κ1) is 29.3. The molecule has 1 saturated heterocycles. The van der Waals surface area contributed by atoms with Crippen LogP contribution in [0.3, 0.4) is 0 Å². The minimum absolute atomic E-state index is 0.00824. The number of nitrogens with zero attached hydrogens (tertiary/aromatic N) is 4. The molecule has 0 radical (unpaired) electrons. The predicted octanol–water partition coefficient (Wildman–Crippen LogP) is 4.78. The van der Waals surface area contributed by atoms with Crippen LogP contribution in [-0.4, -0.2) is 78.0 Å². The quantitative estimate of drug-likeness (QED) is 0.281. The first-order valence-corrected chi connectivity index (χ1v) is 16.4. The maximum absolute atomic E-state index is 13.5. The molecule has 0 unspecified atom stereocenters. The second-order valence-corrected chi connectivity index (χ2v) is 13.5. The van der Waals surface area contributed by atoms with E-state index in [2.05, 4.69) is 9.88 Å². The van der Waals surface area contributed by atoms with Gasteiger partial charge in [0.25, 0.3) is 0 Å². The van der Waals surface area contributed by atoms with Crippen LogP contribution in [0.1, 0.15) is 31.0 Å². The number of rotatable bonds is 8. The zero-order chi connectivity index (χ0) is 29.4. The topological polar surface area (TPSA) is 90.1 Å². The second-order valence-electron chi connectivity index (χ2n) is 10.8. The number of ether oxygens (including phenoxy) is 2. The molecule has 2 aromatic carbocycles. The van der Waals surface area contributed by atoms with Gasteiger partial charge in [0.1, 0.15) is 16.3 Å². The first-order chi connectivity index (χ1) is 20.3. The standard InChI is InChI=1S/C30H34ClN5O4S2/c1-20(19-39-2)32-29(41)27-26(21-9-11-23(31)12-10-21)25-8-3-4-13-35-28(33-36(27)30(25)35)22-6-5-7-24(18-22)42(37,38)34-14-16-40-17-15-34/h5-7,9-12,18,20H,3-4,8,13-17,19H2,1-2H3,(H,32,41)/t20-/m0/s1. The maximum atomic E-state index is 13.5. The van der Waals surface area contributed by atoms with Crippen molar-refractivity contribution < 1.29 is 17.9 Å². The smallest absolute Gasteiger partial charge is 0.243 e. The molecule has 42 heavy (non-hydrogen) atoms. The molecule has 9 nitrogen and oxygen atoms in total. The van der Waals surface area contributed by atoms with E-state index in [1.54, 1.807) is 25.3 Å². The van der Waals surface area contributed by atoms with Crippen molar-refractivity contribution >= 4 is 44.5 Å². The Bertz CT molecular complexity index is 1730. The van der Waals surface area contributed by atoms with Gasteiger partial charge >= 0.3 is 0 Å². The minimum Gasteiger partial charge on any atom is -0.383 e. The third-order valence-corrected chi connectivity index (χ3v) is 10.3. The van der Waals surface area contributed by atoms with E-state index < -0.39 is 10.0 Å². The molecule has 1 fully saturated rings. The third kappa shape index (κ3) is 5.38. The Morgan fingerprint density at radius 1 is 1.12 bits per heavy atom. The number of morpholine rings is 1. The Hall–Kier alpha value is -2.80. The van der Waals surface area contributed by atoms with Crippen molar-refractivity contribution in [1.82, 2.24) is 23.8 Å². The number of methoxy groups -OCH3 is 1. The Morgan fingerprint density at radius 3 is 2.62 bits per heavy atom. The van der Waals surface area contributed by atoms with Gasteiger partial charge in [-0.15, -0.1) is 5.10 Å². The summed E-state index contributed by atoms with van der Waals surface area (Å²) in [4.78, 5) is 0.829. The van der Waals surface area contributed by atoms with Crippen LogP contribution in [0.2, 0.25) is 5.02 Å². The van der Waals surface area contributed by atoms with Crippen LogP contribution in [-0.2, 0) is 32.5 Å². The van der Waals surface area contributed by atoms with Crippen molar-refractivity contribution in [3.8, 4) is 22.5 Å². The molecule has 0 bridgehead atoms. The monoisotopic (exact) mass is 627 g/mol. The van der Waals surface area contributed by atoms with Crippen molar-refractivity contribution in [2.45, 2.75) is 43.7 Å². The summed E-state index contributed by atoms with van der Waals surface area (Å²) in [6.45, 7) is 4.77. The van der Waals surface area contributed by atoms with E-state index in [4.69, 9.17) is 38.4 Å². The highest BCUT2D eigenvalue weighted by Gasteiger charge is 2.31. The van der Waals surface area contributed by atoms with Crippen LogP contribution in [0.4, 0.5) is 0 Å². The fourth-order valence-electron chi connectivity index (χ4n) is 5.90. The molecule has 6 rings (SSSR count). The van der Waals surface area contributed by atoms with Crippen LogP contribution in [0.25, 0.3) is 28.2 Å². The van der Waals surface area contributed by atoms with Gasteiger partial charge in [-0.25, -0.2) is 12.9 Å². The number of thiocarbonyl (C=S) groups is 1. The highest BCUT2D eigenvalue weighted by atomic mass is 35.5. The molecular formula is C30H34ClN5O4S2. The SMILES string of the molecule is COC[C@H](C)NC(=S)c1c(-c2ccc(Cl)cc2)c2c3n(c(-c4cccc(S(=O)(=O)N5CCOCC5)c4)nn13)CCCC2. The summed E-state index contributed by atoms with van der Waals surface area (Å²) < 4.78 is 43.3. The lowest BCUT2D eigenvalue weighted by Crippen LogP contribution is -2.40. The summed E-state index contributed by atoms with van der Waals surface area (Å²) in [6.07, 6.45) is 2.85. The van der Waals surface area contributed by atoms with Gasteiger partial charge in [0, 0.05) is 54.5 Å². The summed E-state index contributed by atoms with van der Waals surface area (Å²) in [5, 5.41) is 9.24. The van der Waals surface area contributed by atoms with E-state index in [0.29, 0.717) is 48.7 Å². The molecule has 1 atom stereocenters. The molecule has 2 aromatic heterocycles. The van der Waals surface area contributed by atoms with Gasteiger partial charge in [-0.05, 0) is 56.0 Å². The maximum Gasteiger partial charge on any atom is 0.243 e. The molecular weight excluding hydrogens is 594 g/mol. The Kier molecular flexibility index (Phi) is 8.41. The molecule has 4 heterocycles. The highest BCUT2D eigenvalue weighted by Crippen LogP contribution is 2.39. The number of halogens is 1. The van der Waals surface area contributed by atoms with Gasteiger partial charge in [-0.2, -0.15) is 4.31 Å². The van der Waals surface area contributed by atoms with Crippen molar-refractivity contribution in [2.24, 2.45) is 0 Å². The average molecular weight is 628 g/mol. The molecule has 0 spiro atoms. The van der Waals surface area contributed by atoms with Crippen LogP contribution >= 0.6 is 23.8 Å². The van der Waals surface area contributed by atoms with E-state index in [1.165, 1.54) is 9.87 Å². The van der Waals surface area contributed by atoms with Crippen molar-refractivity contribution in [1.29, 1.82) is 0 Å². The largest absolute Gasteiger partial charge is 0.383 e. The molecule has 0 saturated carbocycles. The summed E-state index contributed by atoms with van der Waals surface area (Å²) in [5.41, 5.74) is 5.76. The average Bonchev–Trinajstić information content (AvgIpc) is 3.41. The lowest BCUT2D eigenvalue weighted by Gasteiger charge is -2.26. The summed E-state index contributed by atoms with van der Waals surface area (Å²) in [5.74, 6) is 0.712. The van der Waals surface area contributed by atoms with Gasteiger partial charge < -0.3 is 19.4 Å². The fourth-order valence-corrected chi connectivity index (χ4v) is 7.87. The van der Waals surface area contributed by atoms with E-state index in [9.17, 15) is 8.42 Å². The second kappa shape index (κ2) is 12.1. The first-order valence-electron chi connectivity index (χ1n) is 14.2. The molecule has 222 valence electrons. The van der Waals surface area contributed by atoms with Gasteiger partial charge in [-0.3, -0.25) is 0 Å². The normalized spacial score (nSPS) is 16.8. The lowest BCUT2D eigenvalue weighted by molar-refractivity contribution is 0.0730. The molecule has 2 aliphatic rings. The van der Waals surface area contributed by atoms with Crippen molar-refractivity contribution in [3.05, 3.63) is 64.8 Å². The molecule has 2 aliphatic heterocycles. The number of sulfonamides is 1. The van der Waals surface area contributed by atoms with Crippen LogP contribution in [0.5, 0.6) is 0 Å². The molecule has 0 aliphatic carbocycles.